The van der Waals surface area contributed by atoms with E-state index < -0.39 is 10.0 Å². The third kappa shape index (κ3) is 3.20. The lowest BCUT2D eigenvalue weighted by atomic mass is 10.2. The number of sulfonamides is 1. The molecule has 1 N–H and O–H groups in total. The molecule has 0 bridgehead atoms. The monoisotopic (exact) mass is 327 g/mol. The number of benzene rings is 1. The molecule has 0 saturated heterocycles. The van der Waals surface area contributed by atoms with E-state index in [-0.39, 0.29) is 26.3 Å². The van der Waals surface area contributed by atoms with Crippen LogP contribution in [0, 0.1) is 11.3 Å². The minimum Gasteiger partial charge on any atom is -0.279 e. The summed E-state index contributed by atoms with van der Waals surface area (Å²) in [5, 5.41) is 9.00. The maximum atomic E-state index is 12.1. The Balaban J connectivity index is 2.36. The van der Waals surface area contributed by atoms with Gasteiger partial charge in [0.25, 0.3) is 10.0 Å². The van der Waals surface area contributed by atoms with Gasteiger partial charge in [0.2, 0.25) is 0 Å². The third-order valence-electron chi connectivity index (χ3n) is 2.35. The number of pyridine rings is 1. The summed E-state index contributed by atoms with van der Waals surface area (Å²) in [5.41, 5.74) is 0.489. The second-order valence-corrected chi connectivity index (χ2v) is 6.20. The van der Waals surface area contributed by atoms with Crippen molar-refractivity contribution in [3.8, 4) is 6.07 Å². The molecule has 1 heterocycles. The lowest BCUT2D eigenvalue weighted by Gasteiger charge is -2.08. The third-order valence-corrected chi connectivity index (χ3v) is 4.25. The van der Waals surface area contributed by atoms with E-state index in [0.717, 1.165) is 0 Å². The number of nitrogens with one attached hydrogen (secondary N) is 1. The van der Waals surface area contributed by atoms with Crippen molar-refractivity contribution in [3.05, 3.63) is 52.3 Å². The fourth-order valence-corrected chi connectivity index (χ4v) is 2.97. The molecule has 0 amide bonds. The fraction of sp³-hybridized carbons (Fsp3) is 0. The summed E-state index contributed by atoms with van der Waals surface area (Å²) in [6.07, 6.45) is 1.38. The normalized spacial score (nSPS) is 10.8. The SMILES string of the molecule is N#Cc1ccc(S(=O)(=O)Nc2ccnc(Cl)c2)cc1Cl. The van der Waals surface area contributed by atoms with Gasteiger partial charge in [0.05, 0.1) is 21.2 Å². The Kier molecular flexibility index (Phi) is 4.14. The Morgan fingerprint density at radius 1 is 1.20 bits per heavy atom. The number of aromatic nitrogens is 1. The van der Waals surface area contributed by atoms with Crippen molar-refractivity contribution < 1.29 is 8.42 Å². The number of hydrogen-bond donors (Lipinski definition) is 1. The average Bonchev–Trinajstić information content (AvgIpc) is 2.38. The van der Waals surface area contributed by atoms with Crippen LogP contribution in [0.5, 0.6) is 0 Å². The van der Waals surface area contributed by atoms with E-state index in [1.807, 2.05) is 6.07 Å². The van der Waals surface area contributed by atoms with Crippen LogP contribution < -0.4 is 4.72 Å². The number of nitrogens with zero attached hydrogens (tertiary/aromatic N) is 2. The number of rotatable bonds is 3. The summed E-state index contributed by atoms with van der Waals surface area (Å²) in [7, 11) is -3.81. The molecule has 0 aliphatic rings. The van der Waals surface area contributed by atoms with Crippen molar-refractivity contribution in [1.29, 1.82) is 5.26 Å². The maximum absolute atomic E-state index is 12.1. The first kappa shape index (κ1) is 14.6. The van der Waals surface area contributed by atoms with Crippen LogP contribution in [0.1, 0.15) is 5.56 Å². The summed E-state index contributed by atoms with van der Waals surface area (Å²) in [6, 6.07) is 8.56. The highest BCUT2D eigenvalue weighted by atomic mass is 35.5. The van der Waals surface area contributed by atoms with Gasteiger partial charge in [0.15, 0.2) is 0 Å². The molecule has 0 saturated carbocycles. The Morgan fingerprint density at radius 2 is 1.95 bits per heavy atom. The van der Waals surface area contributed by atoms with Gasteiger partial charge in [0.1, 0.15) is 11.2 Å². The van der Waals surface area contributed by atoms with E-state index in [1.165, 1.54) is 36.5 Å². The molecule has 0 atom stereocenters. The largest absolute Gasteiger partial charge is 0.279 e. The molecule has 2 rings (SSSR count). The quantitative estimate of drug-likeness (QED) is 0.878. The highest BCUT2D eigenvalue weighted by Crippen LogP contribution is 2.22. The van der Waals surface area contributed by atoms with Gasteiger partial charge in [-0.05, 0) is 30.3 Å². The van der Waals surface area contributed by atoms with Crippen molar-refractivity contribution in [3.63, 3.8) is 0 Å². The minimum atomic E-state index is -3.81. The highest BCUT2D eigenvalue weighted by molar-refractivity contribution is 7.92. The first-order chi connectivity index (χ1) is 9.42. The van der Waals surface area contributed by atoms with Crippen LogP contribution in [-0.4, -0.2) is 13.4 Å². The topological polar surface area (TPSA) is 82.8 Å². The Morgan fingerprint density at radius 3 is 2.55 bits per heavy atom. The predicted molar refractivity (Wildman–Crippen MR) is 76.2 cm³/mol. The van der Waals surface area contributed by atoms with Crippen LogP contribution in [0.4, 0.5) is 5.69 Å². The zero-order chi connectivity index (χ0) is 14.8. The van der Waals surface area contributed by atoms with E-state index in [4.69, 9.17) is 28.5 Å². The van der Waals surface area contributed by atoms with Crippen molar-refractivity contribution in [1.82, 2.24) is 4.98 Å². The zero-order valence-electron chi connectivity index (χ0n) is 9.84. The lowest BCUT2D eigenvalue weighted by molar-refractivity contribution is 0.601. The summed E-state index contributed by atoms with van der Waals surface area (Å²) in [5.74, 6) is 0. The second kappa shape index (κ2) is 5.67. The lowest BCUT2D eigenvalue weighted by Crippen LogP contribution is -2.13. The molecule has 0 aliphatic heterocycles. The molecular formula is C12H7Cl2N3O2S. The van der Waals surface area contributed by atoms with Crippen molar-refractivity contribution in [2.45, 2.75) is 4.90 Å². The molecule has 0 radical (unpaired) electrons. The van der Waals surface area contributed by atoms with Gasteiger partial charge < -0.3 is 0 Å². The van der Waals surface area contributed by atoms with Crippen LogP contribution in [0.25, 0.3) is 0 Å². The highest BCUT2D eigenvalue weighted by Gasteiger charge is 2.16. The van der Waals surface area contributed by atoms with Crippen LogP contribution in [0.3, 0.4) is 0 Å². The number of anilines is 1. The smallest absolute Gasteiger partial charge is 0.261 e. The van der Waals surface area contributed by atoms with E-state index in [9.17, 15) is 8.42 Å². The Labute approximate surface area is 125 Å². The van der Waals surface area contributed by atoms with Crippen molar-refractivity contribution in [2.24, 2.45) is 0 Å². The Hall–Kier alpha value is -1.81. The molecule has 5 nitrogen and oxygen atoms in total. The number of nitriles is 1. The second-order valence-electron chi connectivity index (χ2n) is 3.73. The maximum Gasteiger partial charge on any atom is 0.261 e. The molecule has 8 heteroatoms. The van der Waals surface area contributed by atoms with Gasteiger partial charge in [-0.3, -0.25) is 4.72 Å². The van der Waals surface area contributed by atoms with Gasteiger partial charge in [-0.25, -0.2) is 13.4 Å². The number of hydrogen-bond acceptors (Lipinski definition) is 4. The summed E-state index contributed by atoms with van der Waals surface area (Å²) in [4.78, 5) is 3.71. The molecule has 1 aromatic carbocycles. The van der Waals surface area contributed by atoms with Crippen molar-refractivity contribution >= 4 is 38.9 Å². The molecule has 2 aromatic rings. The number of halogens is 2. The van der Waals surface area contributed by atoms with Crippen LogP contribution in [0.2, 0.25) is 10.2 Å². The van der Waals surface area contributed by atoms with Crippen LogP contribution >= 0.6 is 23.2 Å². The van der Waals surface area contributed by atoms with Gasteiger partial charge in [-0.1, -0.05) is 23.2 Å². The molecule has 20 heavy (non-hydrogen) atoms. The standard InChI is InChI=1S/C12H7Cl2N3O2S/c13-11-6-10(2-1-8(11)7-15)20(18,19)17-9-3-4-16-12(14)5-9/h1-6H,(H,16,17). The summed E-state index contributed by atoms with van der Waals surface area (Å²) < 4.78 is 26.6. The van der Waals surface area contributed by atoms with E-state index in [1.54, 1.807) is 0 Å². The van der Waals surface area contributed by atoms with Gasteiger partial charge >= 0.3 is 0 Å². The predicted octanol–water partition coefficient (Wildman–Crippen LogP) is 3.06. The van der Waals surface area contributed by atoms with Crippen LogP contribution in [0.15, 0.2) is 41.4 Å². The van der Waals surface area contributed by atoms with E-state index >= 15 is 0 Å². The van der Waals surface area contributed by atoms with Gasteiger partial charge in [0, 0.05) is 6.20 Å². The molecular weight excluding hydrogens is 321 g/mol. The van der Waals surface area contributed by atoms with E-state index in [0.29, 0.717) is 0 Å². The molecule has 0 fully saturated rings. The molecule has 0 unspecified atom stereocenters. The summed E-state index contributed by atoms with van der Waals surface area (Å²) >= 11 is 11.5. The van der Waals surface area contributed by atoms with Gasteiger partial charge in [-0.2, -0.15) is 5.26 Å². The minimum absolute atomic E-state index is 0.0468. The van der Waals surface area contributed by atoms with E-state index in [2.05, 4.69) is 9.71 Å². The van der Waals surface area contributed by atoms with Gasteiger partial charge in [-0.15, -0.1) is 0 Å². The first-order valence-corrected chi connectivity index (χ1v) is 7.50. The zero-order valence-corrected chi connectivity index (χ0v) is 12.2. The Bertz CT molecular complexity index is 801. The summed E-state index contributed by atoms with van der Waals surface area (Å²) in [6.45, 7) is 0. The molecule has 0 aliphatic carbocycles. The molecule has 0 spiro atoms. The fourth-order valence-electron chi connectivity index (χ4n) is 1.43. The molecule has 1 aromatic heterocycles. The van der Waals surface area contributed by atoms with Crippen LogP contribution in [-0.2, 0) is 10.0 Å². The average molecular weight is 328 g/mol. The van der Waals surface area contributed by atoms with Crippen molar-refractivity contribution in [2.75, 3.05) is 4.72 Å². The molecule has 102 valence electrons. The first-order valence-electron chi connectivity index (χ1n) is 5.26.